The maximum Gasteiger partial charge on any atom is 0.343 e. The minimum atomic E-state index is -0.439. The minimum absolute atomic E-state index is 0.379. The quantitative estimate of drug-likeness (QED) is 0.506. The first kappa shape index (κ1) is 17.4. The third-order valence-electron chi connectivity index (χ3n) is 4.00. The molecule has 0 heterocycles. The lowest BCUT2D eigenvalue weighted by Crippen LogP contribution is -2.10. The van der Waals surface area contributed by atoms with Crippen LogP contribution < -0.4 is 9.47 Å². The lowest BCUT2D eigenvalue weighted by molar-refractivity contribution is 0.0719. The van der Waals surface area contributed by atoms with Crippen LogP contribution >= 0.6 is 0 Å². The number of esters is 2. The van der Waals surface area contributed by atoms with Gasteiger partial charge in [-0.05, 0) is 73.5 Å². The fourth-order valence-electron chi connectivity index (χ4n) is 2.35. The fourth-order valence-corrected chi connectivity index (χ4v) is 2.35. The maximum atomic E-state index is 12.2. The molecule has 0 aliphatic rings. The van der Waals surface area contributed by atoms with Crippen molar-refractivity contribution in [3.63, 3.8) is 0 Å². The Kier molecular flexibility index (Phi) is 5.13. The molecule has 0 saturated carbocycles. The van der Waals surface area contributed by atoms with Crippen molar-refractivity contribution in [2.45, 2.75) is 13.8 Å². The number of benzene rings is 3. The molecule has 4 nitrogen and oxygen atoms in total. The van der Waals surface area contributed by atoms with Gasteiger partial charge in [-0.25, -0.2) is 9.59 Å². The molecule has 3 aromatic rings. The van der Waals surface area contributed by atoms with E-state index in [0.717, 1.165) is 11.1 Å². The summed E-state index contributed by atoms with van der Waals surface area (Å²) in [6, 6.07) is 20.5. The highest BCUT2D eigenvalue weighted by molar-refractivity contribution is 5.92. The summed E-state index contributed by atoms with van der Waals surface area (Å²) in [7, 11) is 0. The Labute approximate surface area is 152 Å². The average molecular weight is 346 g/mol. The number of hydrogen-bond donors (Lipinski definition) is 0. The van der Waals surface area contributed by atoms with Crippen LogP contribution in [0, 0.1) is 13.8 Å². The van der Waals surface area contributed by atoms with E-state index >= 15 is 0 Å². The molecule has 0 aromatic heterocycles. The van der Waals surface area contributed by atoms with Crippen LogP contribution in [0.5, 0.6) is 11.5 Å². The standard InChI is InChI=1S/C22H18O4/c1-15-8-9-18(14-16(15)2)22(24)26-20-12-10-19(11-13-20)25-21(23)17-6-4-3-5-7-17/h3-14H,1-2H3. The van der Waals surface area contributed by atoms with E-state index in [1.807, 2.05) is 26.0 Å². The molecule has 3 aromatic carbocycles. The third-order valence-corrected chi connectivity index (χ3v) is 4.00. The largest absolute Gasteiger partial charge is 0.423 e. The van der Waals surface area contributed by atoms with E-state index in [2.05, 4.69) is 0 Å². The zero-order chi connectivity index (χ0) is 18.5. The number of aryl methyl sites for hydroxylation is 2. The Morgan fingerprint density at radius 2 is 1.15 bits per heavy atom. The van der Waals surface area contributed by atoms with Crippen LogP contribution in [0.4, 0.5) is 0 Å². The molecule has 26 heavy (non-hydrogen) atoms. The van der Waals surface area contributed by atoms with Crippen LogP contribution in [0.2, 0.25) is 0 Å². The van der Waals surface area contributed by atoms with E-state index in [4.69, 9.17) is 9.47 Å². The van der Waals surface area contributed by atoms with Gasteiger partial charge in [0.1, 0.15) is 11.5 Å². The Morgan fingerprint density at radius 1 is 0.615 bits per heavy atom. The molecule has 0 atom stereocenters. The van der Waals surface area contributed by atoms with Crippen LogP contribution in [-0.2, 0) is 0 Å². The number of ether oxygens (including phenoxy) is 2. The molecule has 0 aliphatic heterocycles. The number of carbonyl (C=O) groups excluding carboxylic acids is 2. The van der Waals surface area contributed by atoms with Crippen LogP contribution in [0.3, 0.4) is 0 Å². The maximum absolute atomic E-state index is 12.2. The third kappa shape index (κ3) is 4.16. The van der Waals surface area contributed by atoms with Crippen LogP contribution in [0.25, 0.3) is 0 Å². The lowest BCUT2D eigenvalue weighted by Gasteiger charge is -2.08. The smallest absolute Gasteiger partial charge is 0.343 e. The van der Waals surface area contributed by atoms with Crippen molar-refractivity contribution in [2.75, 3.05) is 0 Å². The molecular weight excluding hydrogens is 328 g/mol. The van der Waals surface area contributed by atoms with Gasteiger partial charge < -0.3 is 9.47 Å². The first-order valence-corrected chi connectivity index (χ1v) is 8.19. The summed E-state index contributed by atoms with van der Waals surface area (Å²) in [6.07, 6.45) is 0. The average Bonchev–Trinajstić information content (AvgIpc) is 2.66. The zero-order valence-electron chi connectivity index (χ0n) is 14.6. The van der Waals surface area contributed by atoms with Gasteiger partial charge >= 0.3 is 11.9 Å². The Morgan fingerprint density at radius 3 is 1.69 bits per heavy atom. The zero-order valence-corrected chi connectivity index (χ0v) is 14.6. The van der Waals surface area contributed by atoms with E-state index in [9.17, 15) is 9.59 Å². The molecular formula is C22H18O4. The molecule has 0 amide bonds. The number of rotatable bonds is 4. The molecule has 0 N–H and O–H groups in total. The van der Waals surface area contributed by atoms with E-state index in [0.29, 0.717) is 22.6 Å². The summed E-state index contributed by atoms with van der Waals surface area (Å²) in [5.41, 5.74) is 3.11. The molecule has 0 saturated heterocycles. The van der Waals surface area contributed by atoms with E-state index in [-0.39, 0.29) is 0 Å². The van der Waals surface area contributed by atoms with Gasteiger partial charge in [0.2, 0.25) is 0 Å². The van der Waals surface area contributed by atoms with Gasteiger partial charge in [-0.2, -0.15) is 0 Å². The summed E-state index contributed by atoms with van der Waals surface area (Å²) >= 11 is 0. The van der Waals surface area contributed by atoms with Crippen molar-refractivity contribution >= 4 is 11.9 Å². The van der Waals surface area contributed by atoms with Crippen molar-refractivity contribution in [3.05, 3.63) is 95.1 Å². The van der Waals surface area contributed by atoms with Crippen LogP contribution in [-0.4, -0.2) is 11.9 Å². The Hall–Kier alpha value is -3.40. The summed E-state index contributed by atoms with van der Waals surface area (Å²) in [6.45, 7) is 3.93. The van der Waals surface area contributed by atoms with Gasteiger partial charge in [0.05, 0.1) is 11.1 Å². The van der Waals surface area contributed by atoms with Gasteiger partial charge in [0.15, 0.2) is 0 Å². The van der Waals surface area contributed by atoms with Gasteiger partial charge in [0, 0.05) is 0 Å². The lowest BCUT2D eigenvalue weighted by atomic mass is 10.1. The predicted octanol–water partition coefficient (Wildman–Crippen LogP) is 4.74. The summed E-state index contributed by atoms with van der Waals surface area (Å²) in [4.78, 5) is 24.2. The molecule has 0 bridgehead atoms. The molecule has 130 valence electrons. The minimum Gasteiger partial charge on any atom is -0.423 e. The molecule has 0 radical (unpaired) electrons. The molecule has 4 heteroatoms. The molecule has 0 unspecified atom stereocenters. The monoisotopic (exact) mass is 346 g/mol. The molecule has 0 spiro atoms. The second kappa shape index (κ2) is 7.66. The van der Waals surface area contributed by atoms with E-state index < -0.39 is 11.9 Å². The number of hydrogen-bond acceptors (Lipinski definition) is 4. The SMILES string of the molecule is Cc1ccc(C(=O)Oc2ccc(OC(=O)c3ccccc3)cc2)cc1C. The summed E-state index contributed by atoms with van der Waals surface area (Å²) < 4.78 is 10.7. The first-order chi connectivity index (χ1) is 12.5. The van der Waals surface area contributed by atoms with E-state index in [1.54, 1.807) is 60.7 Å². The summed E-state index contributed by atoms with van der Waals surface area (Å²) in [5, 5.41) is 0. The van der Waals surface area contributed by atoms with Crippen LogP contribution in [0.1, 0.15) is 31.8 Å². The fraction of sp³-hybridized carbons (Fsp3) is 0.0909. The second-order valence-electron chi connectivity index (χ2n) is 5.92. The highest BCUT2D eigenvalue weighted by Gasteiger charge is 2.11. The van der Waals surface area contributed by atoms with Crippen molar-refractivity contribution in [1.29, 1.82) is 0 Å². The molecule has 0 fully saturated rings. The van der Waals surface area contributed by atoms with Crippen molar-refractivity contribution in [3.8, 4) is 11.5 Å². The first-order valence-electron chi connectivity index (χ1n) is 8.19. The van der Waals surface area contributed by atoms with E-state index in [1.165, 1.54) is 0 Å². The van der Waals surface area contributed by atoms with Crippen LogP contribution in [0.15, 0.2) is 72.8 Å². The van der Waals surface area contributed by atoms with Crippen molar-refractivity contribution in [2.24, 2.45) is 0 Å². The molecule has 0 aliphatic carbocycles. The van der Waals surface area contributed by atoms with Crippen molar-refractivity contribution in [1.82, 2.24) is 0 Å². The van der Waals surface area contributed by atoms with Gasteiger partial charge in [-0.15, -0.1) is 0 Å². The summed E-state index contributed by atoms with van der Waals surface area (Å²) in [5.74, 6) is -0.106. The highest BCUT2D eigenvalue weighted by Crippen LogP contribution is 2.20. The molecule has 3 rings (SSSR count). The Balaban J connectivity index is 1.65. The Bertz CT molecular complexity index is 928. The van der Waals surface area contributed by atoms with Gasteiger partial charge in [-0.3, -0.25) is 0 Å². The highest BCUT2D eigenvalue weighted by atomic mass is 16.5. The number of carbonyl (C=O) groups is 2. The normalized spacial score (nSPS) is 10.2. The second-order valence-corrected chi connectivity index (χ2v) is 5.92. The van der Waals surface area contributed by atoms with Gasteiger partial charge in [0.25, 0.3) is 0 Å². The topological polar surface area (TPSA) is 52.6 Å². The predicted molar refractivity (Wildman–Crippen MR) is 98.7 cm³/mol. The van der Waals surface area contributed by atoms with Crippen molar-refractivity contribution < 1.29 is 19.1 Å². The van der Waals surface area contributed by atoms with Gasteiger partial charge in [-0.1, -0.05) is 24.3 Å².